The molecule has 0 fully saturated rings. The molecule has 2 aromatic carbocycles. The van der Waals surface area contributed by atoms with E-state index in [9.17, 15) is 4.79 Å². The number of carbonyl (C=O) groups is 1. The Bertz CT molecular complexity index is 645. The maximum atomic E-state index is 11.8. The Balaban J connectivity index is 1.84. The summed E-state index contributed by atoms with van der Waals surface area (Å²) in [7, 11) is 0. The third-order valence-corrected chi connectivity index (χ3v) is 3.35. The fourth-order valence-electron chi connectivity index (χ4n) is 1.75. The lowest BCUT2D eigenvalue weighted by atomic mass is 10.1. The molecule has 106 valence electrons. The Morgan fingerprint density at radius 2 is 1.67 bits per heavy atom. The van der Waals surface area contributed by atoms with Gasteiger partial charge in [0.1, 0.15) is 0 Å². The zero-order valence-corrected chi connectivity index (χ0v) is 12.9. The highest BCUT2D eigenvalue weighted by atomic mass is 79.9. The van der Waals surface area contributed by atoms with Gasteiger partial charge in [-0.3, -0.25) is 4.79 Å². The normalized spacial score (nSPS) is 9.71. The first kappa shape index (κ1) is 15.1. The molecule has 0 aliphatic heterocycles. The molecule has 0 bridgehead atoms. The molecule has 4 nitrogen and oxygen atoms in total. The minimum absolute atomic E-state index is 0.119. The van der Waals surface area contributed by atoms with Crippen molar-refractivity contribution in [2.45, 2.75) is 6.42 Å². The van der Waals surface area contributed by atoms with E-state index in [1.165, 1.54) is 0 Å². The zero-order valence-electron chi connectivity index (χ0n) is 11.3. The summed E-state index contributed by atoms with van der Waals surface area (Å²) in [6.45, 7) is 0.196. The van der Waals surface area contributed by atoms with Crippen molar-refractivity contribution in [1.82, 2.24) is 0 Å². The molecule has 0 saturated heterocycles. The van der Waals surface area contributed by atoms with Crippen LogP contribution in [0.3, 0.4) is 0 Å². The van der Waals surface area contributed by atoms with Crippen molar-refractivity contribution in [3.8, 4) is 6.07 Å². The number of hydrogen-bond donors (Lipinski definition) is 2. The summed E-state index contributed by atoms with van der Waals surface area (Å²) in [5.74, 6) is -0.119. The van der Waals surface area contributed by atoms with E-state index < -0.39 is 0 Å². The topological polar surface area (TPSA) is 64.9 Å². The van der Waals surface area contributed by atoms with Crippen molar-refractivity contribution in [2.75, 3.05) is 17.2 Å². The standard InChI is InChI=1S/C16H14BrN3O/c17-13-3-7-14(8-4-13)19-11-16(21)20-15-5-1-12(2-6-15)9-10-18/h1-8,19H,9,11H2,(H,20,21). The van der Waals surface area contributed by atoms with Crippen LogP contribution in [0, 0.1) is 11.3 Å². The number of nitriles is 1. The summed E-state index contributed by atoms with van der Waals surface area (Å²) in [6, 6.07) is 17.0. The van der Waals surface area contributed by atoms with E-state index in [0.29, 0.717) is 6.42 Å². The van der Waals surface area contributed by atoms with E-state index in [1.807, 2.05) is 36.4 Å². The van der Waals surface area contributed by atoms with Crippen molar-refractivity contribution < 1.29 is 4.79 Å². The first-order valence-electron chi connectivity index (χ1n) is 6.42. The highest BCUT2D eigenvalue weighted by Crippen LogP contribution is 2.14. The van der Waals surface area contributed by atoms with Crippen LogP contribution >= 0.6 is 15.9 Å². The van der Waals surface area contributed by atoms with Crippen LogP contribution in [-0.4, -0.2) is 12.5 Å². The summed E-state index contributed by atoms with van der Waals surface area (Å²) in [5.41, 5.74) is 2.54. The fraction of sp³-hybridized carbons (Fsp3) is 0.125. The molecule has 2 N–H and O–H groups in total. The SMILES string of the molecule is N#CCc1ccc(NC(=O)CNc2ccc(Br)cc2)cc1. The average Bonchev–Trinajstić information content (AvgIpc) is 2.49. The van der Waals surface area contributed by atoms with Crippen LogP contribution in [-0.2, 0) is 11.2 Å². The van der Waals surface area contributed by atoms with Gasteiger partial charge in [0, 0.05) is 15.8 Å². The van der Waals surface area contributed by atoms with Crippen LogP contribution in [0.1, 0.15) is 5.56 Å². The van der Waals surface area contributed by atoms with Crippen molar-refractivity contribution in [2.24, 2.45) is 0 Å². The van der Waals surface area contributed by atoms with Gasteiger partial charge in [-0.15, -0.1) is 0 Å². The monoisotopic (exact) mass is 343 g/mol. The van der Waals surface area contributed by atoms with Crippen molar-refractivity contribution in [3.63, 3.8) is 0 Å². The summed E-state index contributed by atoms with van der Waals surface area (Å²) in [4.78, 5) is 11.8. The number of amides is 1. The predicted octanol–water partition coefficient (Wildman–Crippen LogP) is 3.57. The van der Waals surface area contributed by atoms with Crippen LogP contribution in [0.5, 0.6) is 0 Å². The van der Waals surface area contributed by atoms with Crippen LogP contribution in [0.2, 0.25) is 0 Å². The Labute approximate surface area is 131 Å². The maximum Gasteiger partial charge on any atom is 0.243 e. The summed E-state index contributed by atoms with van der Waals surface area (Å²) in [6.07, 6.45) is 0.374. The van der Waals surface area contributed by atoms with Gasteiger partial charge in [-0.2, -0.15) is 5.26 Å². The largest absolute Gasteiger partial charge is 0.376 e. The lowest BCUT2D eigenvalue weighted by Crippen LogP contribution is -2.21. The number of anilines is 2. The molecular weight excluding hydrogens is 330 g/mol. The second kappa shape index (κ2) is 7.46. The second-order valence-electron chi connectivity index (χ2n) is 4.44. The number of carbonyl (C=O) groups excluding carboxylic acids is 1. The van der Waals surface area contributed by atoms with E-state index in [2.05, 4.69) is 32.6 Å². The number of nitrogens with one attached hydrogen (secondary N) is 2. The minimum Gasteiger partial charge on any atom is -0.376 e. The molecule has 1 amide bonds. The Morgan fingerprint density at radius 3 is 2.29 bits per heavy atom. The number of halogens is 1. The Hall–Kier alpha value is -2.32. The number of benzene rings is 2. The molecule has 0 atom stereocenters. The van der Waals surface area contributed by atoms with Gasteiger partial charge in [-0.25, -0.2) is 0 Å². The van der Waals surface area contributed by atoms with Gasteiger partial charge in [-0.1, -0.05) is 28.1 Å². The van der Waals surface area contributed by atoms with Gasteiger partial charge in [0.2, 0.25) is 5.91 Å². The predicted molar refractivity (Wildman–Crippen MR) is 87.0 cm³/mol. The van der Waals surface area contributed by atoms with Crippen LogP contribution in [0.15, 0.2) is 53.0 Å². The Morgan fingerprint density at radius 1 is 1.05 bits per heavy atom. The highest BCUT2D eigenvalue weighted by molar-refractivity contribution is 9.10. The van der Waals surface area contributed by atoms with E-state index in [4.69, 9.17) is 5.26 Å². The van der Waals surface area contributed by atoms with E-state index in [0.717, 1.165) is 21.4 Å². The molecule has 5 heteroatoms. The van der Waals surface area contributed by atoms with Crippen LogP contribution in [0.4, 0.5) is 11.4 Å². The first-order valence-corrected chi connectivity index (χ1v) is 7.22. The van der Waals surface area contributed by atoms with Gasteiger partial charge < -0.3 is 10.6 Å². The van der Waals surface area contributed by atoms with Gasteiger partial charge >= 0.3 is 0 Å². The maximum absolute atomic E-state index is 11.8. The number of nitrogens with zero attached hydrogens (tertiary/aromatic N) is 1. The fourth-order valence-corrected chi connectivity index (χ4v) is 2.02. The summed E-state index contributed by atoms with van der Waals surface area (Å²) >= 11 is 3.36. The lowest BCUT2D eigenvalue weighted by Gasteiger charge is -2.08. The first-order chi connectivity index (χ1) is 10.2. The van der Waals surface area contributed by atoms with Gasteiger partial charge in [-0.05, 0) is 42.0 Å². The molecule has 0 heterocycles. The van der Waals surface area contributed by atoms with E-state index >= 15 is 0 Å². The molecule has 2 rings (SSSR count). The average molecular weight is 344 g/mol. The van der Waals surface area contributed by atoms with Crippen molar-refractivity contribution >= 4 is 33.2 Å². The zero-order chi connectivity index (χ0) is 15.1. The third kappa shape index (κ3) is 4.93. The van der Waals surface area contributed by atoms with E-state index in [1.54, 1.807) is 12.1 Å². The van der Waals surface area contributed by atoms with Crippen molar-refractivity contribution in [1.29, 1.82) is 5.26 Å². The molecule has 0 unspecified atom stereocenters. The molecule has 0 spiro atoms. The molecule has 0 saturated carbocycles. The third-order valence-electron chi connectivity index (χ3n) is 2.82. The summed E-state index contributed by atoms with van der Waals surface area (Å²) in [5, 5.41) is 14.4. The Kier molecular flexibility index (Phi) is 5.35. The number of rotatable bonds is 5. The quantitative estimate of drug-likeness (QED) is 0.872. The smallest absolute Gasteiger partial charge is 0.243 e. The molecule has 0 radical (unpaired) electrons. The summed E-state index contributed by atoms with van der Waals surface area (Å²) < 4.78 is 0.995. The molecule has 0 aliphatic carbocycles. The molecular formula is C16H14BrN3O. The van der Waals surface area contributed by atoms with Gasteiger partial charge in [0.25, 0.3) is 0 Å². The van der Waals surface area contributed by atoms with Crippen LogP contribution < -0.4 is 10.6 Å². The lowest BCUT2D eigenvalue weighted by molar-refractivity contribution is -0.114. The number of hydrogen-bond acceptors (Lipinski definition) is 3. The van der Waals surface area contributed by atoms with Crippen LogP contribution in [0.25, 0.3) is 0 Å². The van der Waals surface area contributed by atoms with Gasteiger partial charge in [0.15, 0.2) is 0 Å². The van der Waals surface area contributed by atoms with E-state index in [-0.39, 0.29) is 12.5 Å². The second-order valence-corrected chi connectivity index (χ2v) is 5.36. The van der Waals surface area contributed by atoms with Crippen molar-refractivity contribution in [3.05, 3.63) is 58.6 Å². The molecule has 0 aromatic heterocycles. The minimum atomic E-state index is -0.119. The van der Waals surface area contributed by atoms with Gasteiger partial charge in [0.05, 0.1) is 19.0 Å². The molecule has 21 heavy (non-hydrogen) atoms. The molecule has 0 aliphatic rings. The molecule has 2 aromatic rings. The highest BCUT2D eigenvalue weighted by Gasteiger charge is 2.02.